The van der Waals surface area contributed by atoms with Crippen LogP contribution in [0.3, 0.4) is 0 Å². The Hall–Kier alpha value is -1.62. The summed E-state index contributed by atoms with van der Waals surface area (Å²) in [5, 5.41) is 3.91. The molecule has 0 radical (unpaired) electrons. The van der Waals surface area contributed by atoms with Gasteiger partial charge in [-0.05, 0) is 55.0 Å². The topological polar surface area (TPSA) is 68.0 Å². The summed E-state index contributed by atoms with van der Waals surface area (Å²) < 4.78 is 0. The Labute approximate surface area is 165 Å². The van der Waals surface area contributed by atoms with Crippen molar-refractivity contribution in [2.75, 3.05) is 6.54 Å². The molecule has 1 fully saturated rings. The van der Waals surface area contributed by atoms with Crippen LogP contribution in [-0.4, -0.2) is 23.5 Å². The van der Waals surface area contributed by atoms with Crippen LogP contribution >= 0.6 is 24.0 Å². The molecule has 1 amide bonds. The van der Waals surface area contributed by atoms with Crippen molar-refractivity contribution >= 4 is 29.9 Å². The first-order chi connectivity index (χ1) is 12.1. The summed E-state index contributed by atoms with van der Waals surface area (Å²) in [6.45, 7) is 0.601. The largest absolute Gasteiger partial charge is 0.353 e. The number of nitrogens with one attached hydrogen (secondary N) is 1. The number of hydrogen-bond acceptors (Lipinski definition) is 3. The first kappa shape index (κ1) is 20.7. The standard InChI is InChI=1S/C20H24ClN3O.ClH/c21-17-5-1-4-16(12-17)20(14-22)8-6-18(7-9-20)24-19(25)11-15-3-2-10-23-13-15;/h1-5,10,12-13,18H,6-9,11,14,22H2,(H,24,25);1H/t18-,20+;. The Bertz CT molecular complexity index is 716. The predicted octanol–water partition coefficient (Wildman–Crippen LogP) is 3.65. The lowest BCUT2D eigenvalue weighted by Gasteiger charge is -2.40. The minimum Gasteiger partial charge on any atom is -0.353 e. The SMILES string of the molecule is Cl.NC[C@]1(c2cccc(Cl)c2)CC[C@@H](NC(=O)Cc2cccnc2)CC1. The minimum atomic E-state index is -0.0323. The highest BCUT2D eigenvalue weighted by molar-refractivity contribution is 6.30. The van der Waals surface area contributed by atoms with Crippen LogP contribution in [0.25, 0.3) is 0 Å². The number of aromatic nitrogens is 1. The highest BCUT2D eigenvalue weighted by Gasteiger charge is 2.36. The van der Waals surface area contributed by atoms with E-state index in [1.807, 2.05) is 30.3 Å². The van der Waals surface area contributed by atoms with Gasteiger partial charge in [0.1, 0.15) is 0 Å². The first-order valence-electron chi connectivity index (χ1n) is 8.76. The van der Waals surface area contributed by atoms with E-state index in [4.69, 9.17) is 17.3 Å². The number of rotatable bonds is 5. The van der Waals surface area contributed by atoms with Gasteiger partial charge in [-0.2, -0.15) is 0 Å². The van der Waals surface area contributed by atoms with Crippen molar-refractivity contribution in [3.63, 3.8) is 0 Å². The lowest BCUT2D eigenvalue weighted by molar-refractivity contribution is -0.121. The summed E-state index contributed by atoms with van der Waals surface area (Å²) in [7, 11) is 0. The minimum absolute atomic E-state index is 0. The van der Waals surface area contributed by atoms with Crippen LogP contribution in [-0.2, 0) is 16.6 Å². The van der Waals surface area contributed by atoms with Gasteiger partial charge in [0.15, 0.2) is 0 Å². The van der Waals surface area contributed by atoms with Crippen LogP contribution < -0.4 is 11.1 Å². The molecule has 4 nitrogen and oxygen atoms in total. The average Bonchev–Trinajstić information content (AvgIpc) is 2.63. The molecule has 2 aromatic rings. The van der Waals surface area contributed by atoms with Gasteiger partial charge in [0.05, 0.1) is 6.42 Å². The molecule has 6 heteroatoms. The molecular weight excluding hydrogens is 369 g/mol. The summed E-state index contributed by atoms with van der Waals surface area (Å²) in [6, 6.07) is 12.0. The molecule has 1 aromatic heterocycles. The Morgan fingerprint density at radius 3 is 2.65 bits per heavy atom. The maximum Gasteiger partial charge on any atom is 0.224 e. The van der Waals surface area contributed by atoms with Gasteiger partial charge in [-0.3, -0.25) is 9.78 Å². The zero-order valence-electron chi connectivity index (χ0n) is 14.7. The maximum absolute atomic E-state index is 12.2. The van der Waals surface area contributed by atoms with Gasteiger partial charge < -0.3 is 11.1 Å². The fourth-order valence-corrected chi connectivity index (χ4v) is 3.90. The number of nitrogens with zero attached hydrogens (tertiary/aromatic N) is 1. The zero-order valence-corrected chi connectivity index (χ0v) is 16.2. The Balaban J connectivity index is 0.00000243. The van der Waals surface area contributed by atoms with Crippen molar-refractivity contribution in [1.29, 1.82) is 0 Å². The van der Waals surface area contributed by atoms with Gasteiger partial charge in [0.25, 0.3) is 0 Å². The molecular formula is C20H25Cl2N3O. The third-order valence-electron chi connectivity index (χ3n) is 5.22. The molecule has 0 spiro atoms. The van der Waals surface area contributed by atoms with E-state index in [1.54, 1.807) is 12.4 Å². The number of nitrogens with two attached hydrogens (primary N) is 1. The van der Waals surface area contributed by atoms with Crippen molar-refractivity contribution in [2.45, 2.75) is 43.6 Å². The Kier molecular flexibility index (Phi) is 7.44. The lowest BCUT2D eigenvalue weighted by atomic mass is 9.68. The zero-order chi connectivity index (χ0) is 17.7. The number of carbonyl (C=O) groups excluding carboxylic acids is 1. The van der Waals surface area contributed by atoms with Crippen molar-refractivity contribution in [3.8, 4) is 0 Å². The van der Waals surface area contributed by atoms with Gasteiger partial charge >= 0.3 is 0 Å². The van der Waals surface area contributed by atoms with Crippen LogP contribution in [0, 0.1) is 0 Å². The molecule has 26 heavy (non-hydrogen) atoms. The maximum atomic E-state index is 12.2. The van der Waals surface area contributed by atoms with Gasteiger partial charge in [-0.15, -0.1) is 12.4 Å². The quantitative estimate of drug-likeness (QED) is 0.814. The van der Waals surface area contributed by atoms with Gasteiger partial charge in [0.2, 0.25) is 5.91 Å². The number of halogens is 2. The van der Waals surface area contributed by atoms with Crippen LogP contribution in [0.2, 0.25) is 5.02 Å². The summed E-state index contributed by atoms with van der Waals surface area (Å²) in [5.74, 6) is 0.0565. The third kappa shape index (κ3) is 4.97. The van der Waals surface area contributed by atoms with Crippen LogP contribution in [0.5, 0.6) is 0 Å². The van der Waals surface area contributed by atoms with Crippen molar-refractivity contribution in [1.82, 2.24) is 10.3 Å². The highest BCUT2D eigenvalue weighted by Crippen LogP contribution is 2.39. The number of amides is 1. The molecule has 0 aliphatic heterocycles. The molecule has 3 N–H and O–H groups in total. The summed E-state index contributed by atoms with van der Waals surface area (Å²) in [6.07, 6.45) is 7.61. The third-order valence-corrected chi connectivity index (χ3v) is 5.46. The van der Waals surface area contributed by atoms with Crippen molar-refractivity contribution < 1.29 is 4.79 Å². The smallest absolute Gasteiger partial charge is 0.224 e. The molecule has 140 valence electrons. The summed E-state index contributed by atoms with van der Waals surface area (Å²) in [4.78, 5) is 16.3. The van der Waals surface area contributed by atoms with E-state index in [2.05, 4.69) is 16.4 Å². The number of carbonyl (C=O) groups is 1. The van der Waals surface area contributed by atoms with Crippen molar-refractivity contribution in [2.24, 2.45) is 5.73 Å². The highest BCUT2D eigenvalue weighted by atomic mass is 35.5. The molecule has 0 saturated heterocycles. The number of benzene rings is 1. The van der Waals surface area contributed by atoms with Crippen molar-refractivity contribution in [3.05, 3.63) is 64.9 Å². The van der Waals surface area contributed by atoms with E-state index >= 15 is 0 Å². The lowest BCUT2D eigenvalue weighted by Crippen LogP contribution is -2.45. The Morgan fingerprint density at radius 1 is 1.27 bits per heavy atom. The fraction of sp³-hybridized carbons (Fsp3) is 0.400. The number of pyridine rings is 1. The van der Waals surface area contributed by atoms with Crippen LogP contribution in [0.1, 0.15) is 36.8 Å². The molecule has 1 aromatic carbocycles. The van der Waals surface area contributed by atoms with E-state index in [1.165, 1.54) is 5.56 Å². The van der Waals surface area contributed by atoms with E-state index < -0.39 is 0 Å². The van der Waals surface area contributed by atoms with E-state index in [9.17, 15) is 4.79 Å². The molecule has 1 saturated carbocycles. The summed E-state index contributed by atoms with van der Waals surface area (Å²) >= 11 is 6.15. The van der Waals surface area contributed by atoms with Gasteiger partial charge in [0, 0.05) is 35.4 Å². The average molecular weight is 394 g/mol. The fourth-order valence-electron chi connectivity index (χ4n) is 3.71. The monoisotopic (exact) mass is 393 g/mol. The number of hydrogen-bond donors (Lipinski definition) is 2. The van der Waals surface area contributed by atoms with E-state index in [-0.39, 0.29) is 29.8 Å². The summed E-state index contributed by atoms with van der Waals surface area (Å²) in [5.41, 5.74) is 8.25. The molecule has 1 aliphatic carbocycles. The molecule has 0 bridgehead atoms. The molecule has 0 atom stereocenters. The van der Waals surface area contributed by atoms with E-state index in [0.717, 1.165) is 36.3 Å². The molecule has 1 heterocycles. The second-order valence-corrected chi connectivity index (χ2v) is 7.31. The molecule has 1 aliphatic rings. The predicted molar refractivity (Wildman–Crippen MR) is 108 cm³/mol. The van der Waals surface area contributed by atoms with E-state index in [0.29, 0.717) is 13.0 Å². The molecule has 0 unspecified atom stereocenters. The normalized spacial score (nSPS) is 22.3. The van der Waals surface area contributed by atoms with Gasteiger partial charge in [-0.1, -0.05) is 29.8 Å². The molecule has 3 rings (SSSR count). The van der Waals surface area contributed by atoms with Crippen LogP contribution in [0.15, 0.2) is 48.8 Å². The van der Waals surface area contributed by atoms with Gasteiger partial charge in [-0.25, -0.2) is 0 Å². The Morgan fingerprint density at radius 2 is 2.04 bits per heavy atom. The second kappa shape index (κ2) is 9.36. The second-order valence-electron chi connectivity index (χ2n) is 6.87. The first-order valence-corrected chi connectivity index (χ1v) is 9.13. The van der Waals surface area contributed by atoms with Crippen LogP contribution in [0.4, 0.5) is 0 Å².